The SMILES string of the molecule is COC1(Br)C=C(C=O)C=CC1. The maximum absolute atomic E-state index is 10.4. The van der Waals surface area contributed by atoms with E-state index in [1.54, 1.807) is 19.3 Å². The lowest BCUT2D eigenvalue weighted by Crippen LogP contribution is -2.21. The normalized spacial score (nSPS) is 29.8. The molecule has 1 rings (SSSR count). The van der Waals surface area contributed by atoms with Crippen molar-refractivity contribution in [2.24, 2.45) is 0 Å². The van der Waals surface area contributed by atoms with Crippen molar-refractivity contribution in [1.29, 1.82) is 0 Å². The molecule has 60 valence electrons. The molecular formula is C8H9BrO2. The lowest BCUT2D eigenvalue weighted by atomic mass is 10.1. The molecule has 2 nitrogen and oxygen atoms in total. The van der Waals surface area contributed by atoms with Gasteiger partial charge in [0.1, 0.15) is 10.8 Å². The van der Waals surface area contributed by atoms with Crippen LogP contribution in [0.1, 0.15) is 6.42 Å². The van der Waals surface area contributed by atoms with Crippen LogP contribution < -0.4 is 0 Å². The summed E-state index contributed by atoms with van der Waals surface area (Å²) < 4.78 is 4.67. The van der Waals surface area contributed by atoms with Crippen molar-refractivity contribution in [3.8, 4) is 0 Å². The highest BCUT2D eigenvalue weighted by Gasteiger charge is 2.24. The summed E-state index contributed by atoms with van der Waals surface area (Å²) in [6.07, 6.45) is 7.01. The Hall–Kier alpha value is -0.410. The summed E-state index contributed by atoms with van der Waals surface area (Å²) in [7, 11) is 1.60. The van der Waals surface area contributed by atoms with Crippen LogP contribution in [-0.2, 0) is 9.53 Å². The molecule has 0 heterocycles. The number of hydrogen-bond acceptors (Lipinski definition) is 2. The van der Waals surface area contributed by atoms with Gasteiger partial charge in [-0.1, -0.05) is 12.2 Å². The zero-order valence-electron chi connectivity index (χ0n) is 6.21. The van der Waals surface area contributed by atoms with Crippen molar-refractivity contribution in [2.75, 3.05) is 7.11 Å². The van der Waals surface area contributed by atoms with E-state index < -0.39 is 4.51 Å². The molecule has 0 fully saturated rings. The number of carbonyl (C=O) groups is 1. The van der Waals surface area contributed by atoms with E-state index in [1.165, 1.54) is 0 Å². The van der Waals surface area contributed by atoms with Gasteiger partial charge in [-0.2, -0.15) is 0 Å². The highest BCUT2D eigenvalue weighted by Crippen LogP contribution is 2.30. The van der Waals surface area contributed by atoms with Crippen molar-refractivity contribution in [3.63, 3.8) is 0 Å². The standard InChI is InChI=1S/C8H9BrO2/c1-11-8(9)4-2-3-7(5-8)6-10/h2-3,5-6H,4H2,1H3. The van der Waals surface area contributed by atoms with E-state index >= 15 is 0 Å². The molecule has 1 aliphatic carbocycles. The minimum absolute atomic E-state index is 0.474. The van der Waals surface area contributed by atoms with Gasteiger partial charge in [0.05, 0.1) is 0 Å². The Morgan fingerprint density at radius 2 is 2.55 bits per heavy atom. The van der Waals surface area contributed by atoms with Gasteiger partial charge in [0.2, 0.25) is 0 Å². The summed E-state index contributed by atoms with van der Waals surface area (Å²) in [5.41, 5.74) is 0.648. The van der Waals surface area contributed by atoms with Gasteiger partial charge in [-0.25, -0.2) is 0 Å². The molecule has 0 saturated carbocycles. The van der Waals surface area contributed by atoms with Gasteiger partial charge in [0.25, 0.3) is 0 Å². The molecule has 0 N–H and O–H groups in total. The molecule has 1 atom stereocenters. The third-order valence-corrected chi connectivity index (χ3v) is 2.44. The van der Waals surface area contributed by atoms with Gasteiger partial charge < -0.3 is 4.74 Å². The molecule has 0 aromatic heterocycles. The Balaban J connectivity index is 2.83. The summed E-state index contributed by atoms with van der Waals surface area (Å²) in [5, 5.41) is 0. The van der Waals surface area contributed by atoms with Crippen molar-refractivity contribution < 1.29 is 9.53 Å². The number of hydrogen-bond donors (Lipinski definition) is 0. The number of methoxy groups -OCH3 is 1. The maximum atomic E-state index is 10.4. The Kier molecular flexibility index (Phi) is 2.62. The second-order valence-corrected chi connectivity index (χ2v) is 3.70. The predicted octanol–water partition coefficient (Wildman–Crippen LogP) is 1.81. The van der Waals surface area contributed by atoms with Crippen LogP contribution in [0.25, 0.3) is 0 Å². The zero-order valence-corrected chi connectivity index (χ0v) is 7.80. The van der Waals surface area contributed by atoms with Crippen LogP contribution >= 0.6 is 15.9 Å². The Bertz CT molecular complexity index is 220. The van der Waals surface area contributed by atoms with Crippen LogP contribution in [-0.4, -0.2) is 17.9 Å². The van der Waals surface area contributed by atoms with E-state index in [0.29, 0.717) is 5.57 Å². The van der Waals surface area contributed by atoms with E-state index in [2.05, 4.69) is 15.9 Å². The second-order valence-electron chi connectivity index (χ2n) is 2.36. The summed E-state index contributed by atoms with van der Waals surface area (Å²) in [4.78, 5) is 10.4. The van der Waals surface area contributed by atoms with Crippen LogP contribution in [0.4, 0.5) is 0 Å². The first-order chi connectivity index (χ1) is 5.20. The number of allylic oxidation sites excluding steroid dienone is 2. The average Bonchev–Trinajstić information content (AvgIpc) is 2.05. The lowest BCUT2D eigenvalue weighted by Gasteiger charge is -2.23. The fraction of sp³-hybridized carbons (Fsp3) is 0.375. The molecule has 0 amide bonds. The lowest BCUT2D eigenvalue weighted by molar-refractivity contribution is -0.104. The smallest absolute Gasteiger partial charge is 0.149 e. The predicted molar refractivity (Wildman–Crippen MR) is 46.6 cm³/mol. The van der Waals surface area contributed by atoms with Crippen LogP contribution in [0.3, 0.4) is 0 Å². The summed E-state index contributed by atoms with van der Waals surface area (Å²) in [5.74, 6) is 0. The molecule has 0 bridgehead atoms. The summed E-state index contributed by atoms with van der Waals surface area (Å²) in [6.45, 7) is 0. The maximum Gasteiger partial charge on any atom is 0.149 e. The largest absolute Gasteiger partial charge is 0.363 e. The molecule has 0 aromatic carbocycles. The van der Waals surface area contributed by atoms with Crippen molar-refractivity contribution in [3.05, 3.63) is 23.8 Å². The molecule has 0 saturated heterocycles. The number of ether oxygens (including phenoxy) is 1. The number of rotatable bonds is 2. The van der Waals surface area contributed by atoms with Crippen LogP contribution in [0, 0.1) is 0 Å². The summed E-state index contributed by atoms with van der Waals surface area (Å²) in [6, 6.07) is 0. The van der Waals surface area contributed by atoms with E-state index in [-0.39, 0.29) is 0 Å². The van der Waals surface area contributed by atoms with Gasteiger partial charge in [-0.3, -0.25) is 4.79 Å². The highest BCUT2D eigenvalue weighted by atomic mass is 79.9. The monoisotopic (exact) mass is 216 g/mol. The Morgan fingerprint density at radius 3 is 3.09 bits per heavy atom. The molecular weight excluding hydrogens is 208 g/mol. The highest BCUT2D eigenvalue weighted by molar-refractivity contribution is 9.10. The van der Waals surface area contributed by atoms with E-state index in [1.807, 2.05) is 6.08 Å². The second kappa shape index (κ2) is 3.32. The Labute approximate surface area is 74.1 Å². The van der Waals surface area contributed by atoms with Crippen LogP contribution in [0.15, 0.2) is 23.8 Å². The first-order valence-electron chi connectivity index (χ1n) is 3.29. The van der Waals surface area contributed by atoms with Crippen LogP contribution in [0.2, 0.25) is 0 Å². The number of halogens is 1. The topological polar surface area (TPSA) is 26.3 Å². The van der Waals surface area contributed by atoms with Gasteiger partial charge in [0.15, 0.2) is 0 Å². The molecule has 11 heavy (non-hydrogen) atoms. The minimum Gasteiger partial charge on any atom is -0.363 e. The van der Waals surface area contributed by atoms with Crippen molar-refractivity contribution in [2.45, 2.75) is 10.9 Å². The first kappa shape index (κ1) is 8.68. The van der Waals surface area contributed by atoms with Gasteiger partial charge >= 0.3 is 0 Å². The minimum atomic E-state index is -0.474. The van der Waals surface area contributed by atoms with Gasteiger partial charge in [-0.05, 0) is 22.0 Å². The van der Waals surface area contributed by atoms with E-state index in [9.17, 15) is 4.79 Å². The molecule has 1 aliphatic rings. The first-order valence-corrected chi connectivity index (χ1v) is 4.08. The van der Waals surface area contributed by atoms with Crippen LogP contribution in [0.5, 0.6) is 0 Å². The van der Waals surface area contributed by atoms with E-state index in [4.69, 9.17) is 4.74 Å². The number of aldehydes is 1. The average molecular weight is 217 g/mol. The van der Waals surface area contributed by atoms with Crippen molar-refractivity contribution in [1.82, 2.24) is 0 Å². The molecule has 0 aliphatic heterocycles. The summed E-state index contributed by atoms with van der Waals surface area (Å²) >= 11 is 3.37. The molecule has 1 unspecified atom stereocenters. The third kappa shape index (κ3) is 2.01. The number of carbonyl (C=O) groups excluding carboxylic acids is 1. The van der Waals surface area contributed by atoms with Crippen molar-refractivity contribution >= 4 is 22.2 Å². The Morgan fingerprint density at radius 1 is 1.82 bits per heavy atom. The zero-order chi connectivity index (χ0) is 8.32. The molecule has 0 radical (unpaired) electrons. The third-order valence-electron chi connectivity index (χ3n) is 1.56. The molecule has 0 aromatic rings. The number of alkyl halides is 1. The van der Waals surface area contributed by atoms with Gasteiger partial charge in [-0.15, -0.1) is 0 Å². The molecule has 3 heteroatoms. The quantitative estimate of drug-likeness (QED) is 0.520. The fourth-order valence-electron chi connectivity index (χ4n) is 0.927. The fourth-order valence-corrected chi connectivity index (χ4v) is 1.38. The van der Waals surface area contributed by atoms with Gasteiger partial charge in [0, 0.05) is 19.1 Å². The molecule has 0 spiro atoms. The van der Waals surface area contributed by atoms with E-state index in [0.717, 1.165) is 12.7 Å².